The number of carbonyl (C=O) groups excluding carboxylic acids is 1. The summed E-state index contributed by atoms with van der Waals surface area (Å²) in [7, 11) is 0. The van der Waals surface area contributed by atoms with E-state index in [2.05, 4.69) is 10.1 Å². The Morgan fingerprint density at radius 3 is 2.96 bits per heavy atom. The zero-order chi connectivity index (χ0) is 18.6. The fourth-order valence-corrected chi connectivity index (χ4v) is 2.58. The first kappa shape index (κ1) is 16.9. The Morgan fingerprint density at radius 1 is 1.19 bits per heavy atom. The minimum absolute atomic E-state index is 0.0344. The highest BCUT2D eigenvalue weighted by Gasteiger charge is 2.18. The van der Waals surface area contributed by atoms with E-state index < -0.39 is 5.97 Å². The van der Waals surface area contributed by atoms with Gasteiger partial charge in [-0.3, -0.25) is 0 Å². The normalized spacial score (nSPS) is 12.0. The molecule has 3 heterocycles. The minimum Gasteiger partial charge on any atom is -0.477 e. The Kier molecular flexibility index (Phi) is 4.61. The maximum atomic E-state index is 12.3. The Bertz CT molecular complexity index is 968. The first-order valence-electron chi connectivity index (χ1n) is 8.35. The molecule has 138 valence electrons. The van der Waals surface area contributed by atoms with Crippen molar-refractivity contribution in [2.45, 2.75) is 13.5 Å². The summed E-state index contributed by atoms with van der Waals surface area (Å²) < 4.78 is 26.6. The molecule has 1 aromatic carbocycles. The molecule has 0 amide bonds. The third-order valence-corrected chi connectivity index (χ3v) is 3.84. The van der Waals surface area contributed by atoms with Crippen LogP contribution in [0.3, 0.4) is 0 Å². The number of benzene rings is 1. The second-order valence-electron chi connectivity index (χ2n) is 5.62. The molecule has 8 heteroatoms. The molecule has 2 aromatic heterocycles. The molecule has 3 aromatic rings. The van der Waals surface area contributed by atoms with E-state index in [0.717, 1.165) is 5.56 Å². The predicted octanol–water partition coefficient (Wildman–Crippen LogP) is 3.22. The summed E-state index contributed by atoms with van der Waals surface area (Å²) >= 11 is 0. The summed E-state index contributed by atoms with van der Waals surface area (Å²) in [4.78, 5) is 16.3. The molecular formula is C19H16N2O6. The fraction of sp³-hybridized carbons (Fsp3) is 0.211. The van der Waals surface area contributed by atoms with Crippen LogP contribution in [0.25, 0.3) is 11.3 Å². The van der Waals surface area contributed by atoms with E-state index in [-0.39, 0.29) is 24.8 Å². The topological polar surface area (TPSA) is 92.9 Å². The van der Waals surface area contributed by atoms with Crippen molar-refractivity contribution in [2.75, 3.05) is 13.4 Å². The molecule has 4 rings (SSSR count). The van der Waals surface area contributed by atoms with Crippen LogP contribution in [0.1, 0.15) is 23.0 Å². The van der Waals surface area contributed by atoms with E-state index in [4.69, 9.17) is 23.5 Å². The molecule has 0 bridgehead atoms. The Morgan fingerprint density at radius 2 is 2.07 bits per heavy atom. The van der Waals surface area contributed by atoms with Gasteiger partial charge in [-0.15, -0.1) is 0 Å². The lowest BCUT2D eigenvalue weighted by molar-refractivity contribution is 0.0459. The number of nitrogens with zero attached hydrogens (tertiary/aromatic N) is 2. The summed E-state index contributed by atoms with van der Waals surface area (Å²) in [6.45, 7) is 2.39. The number of pyridine rings is 1. The van der Waals surface area contributed by atoms with E-state index >= 15 is 0 Å². The zero-order valence-electron chi connectivity index (χ0n) is 14.5. The number of ether oxygens (including phenoxy) is 4. The fourth-order valence-electron chi connectivity index (χ4n) is 2.58. The lowest BCUT2D eigenvalue weighted by Crippen LogP contribution is -2.09. The van der Waals surface area contributed by atoms with Crippen LogP contribution in [0.5, 0.6) is 17.4 Å². The number of rotatable bonds is 6. The van der Waals surface area contributed by atoms with Crippen LogP contribution in [0.15, 0.2) is 47.1 Å². The Balaban J connectivity index is 1.43. The van der Waals surface area contributed by atoms with Crippen molar-refractivity contribution in [1.82, 2.24) is 10.1 Å². The van der Waals surface area contributed by atoms with Gasteiger partial charge in [0.05, 0.1) is 6.61 Å². The molecule has 0 saturated heterocycles. The molecule has 0 atom stereocenters. The van der Waals surface area contributed by atoms with Gasteiger partial charge in [0.2, 0.25) is 12.7 Å². The molecule has 0 saturated carbocycles. The van der Waals surface area contributed by atoms with Crippen molar-refractivity contribution in [2.24, 2.45) is 0 Å². The smallest absolute Gasteiger partial charge is 0.344 e. The number of esters is 1. The molecule has 0 radical (unpaired) electrons. The van der Waals surface area contributed by atoms with Crippen molar-refractivity contribution in [3.8, 4) is 28.7 Å². The van der Waals surface area contributed by atoms with Gasteiger partial charge in [0.15, 0.2) is 17.3 Å². The second kappa shape index (κ2) is 7.36. The minimum atomic E-state index is -0.542. The van der Waals surface area contributed by atoms with Crippen LogP contribution < -0.4 is 14.2 Å². The van der Waals surface area contributed by atoms with Gasteiger partial charge in [-0.1, -0.05) is 5.16 Å². The van der Waals surface area contributed by atoms with Crippen molar-refractivity contribution >= 4 is 5.97 Å². The molecule has 8 nitrogen and oxygen atoms in total. The lowest BCUT2D eigenvalue weighted by atomic mass is 10.1. The molecule has 0 N–H and O–H groups in total. The Hall–Kier alpha value is -3.55. The average molecular weight is 368 g/mol. The summed E-state index contributed by atoms with van der Waals surface area (Å²) in [5.41, 5.74) is 1.53. The second-order valence-corrected chi connectivity index (χ2v) is 5.62. The van der Waals surface area contributed by atoms with Gasteiger partial charge in [-0.25, -0.2) is 9.78 Å². The highest BCUT2D eigenvalue weighted by Crippen LogP contribution is 2.36. The largest absolute Gasteiger partial charge is 0.477 e. The van der Waals surface area contributed by atoms with Crippen molar-refractivity contribution in [1.29, 1.82) is 0 Å². The third kappa shape index (κ3) is 3.55. The van der Waals surface area contributed by atoms with Gasteiger partial charge >= 0.3 is 5.97 Å². The predicted molar refractivity (Wildman–Crippen MR) is 92.6 cm³/mol. The summed E-state index contributed by atoms with van der Waals surface area (Å²) in [5, 5.41) is 3.94. The van der Waals surface area contributed by atoms with Crippen molar-refractivity contribution in [3.63, 3.8) is 0 Å². The van der Waals surface area contributed by atoms with Gasteiger partial charge in [0.1, 0.15) is 17.9 Å². The first-order valence-corrected chi connectivity index (χ1v) is 8.35. The number of aromatic nitrogens is 2. The van der Waals surface area contributed by atoms with Crippen molar-refractivity contribution < 1.29 is 28.3 Å². The maximum absolute atomic E-state index is 12.3. The average Bonchev–Trinajstić information content (AvgIpc) is 3.35. The first-order chi connectivity index (χ1) is 13.2. The molecule has 0 unspecified atom stereocenters. The number of fused-ring (bicyclic) bond motifs is 1. The number of hydrogen-bond donors (Lipinski definition) is 0. The van der Waals surface area contributed by atoms with E-state index in [1.807, 2.05) is 19.1 Å². The van der Waals surface area contributed by atoms with Crippen LogP contribution in [-0.2, 0) is 11.3 Å². The highest BCUT2D eigenvalue weighted by molar-refractivity contribution is 5.91. The molecule has 1 aliphatic heterocycles. The van der Waals surface area contributed by atoms with Gasteiger partial charge in [0, 0.05) is 17.8 Å². The third-order valence-electron chi connectivity index (χ3n) is 3.84. The molecule has 27 heavy (non-hydrogen) atoms. The standard InChI is InChI=1S/C19H16N2O6/c1-2-23-18-14(4-3-7-20-18)19(22)24-10-13-9-16(27-21-13)12-5-6-15-17(8-12)26-11-25-15/h3-9H,2,10-11H2,1H3. The molecule has 1 aliphatic rings. The van der Waals surface area contributed by atoms with Gasteiger partial charge in [-0.2, -0.15) is 0 Å². The van der Waals surface area contributed by atoms with E-state index in [1.54, 1.807) is 30.5 Å². The van der Waals surface area contributed by atoms with Crippen LogP contribution in [0, 0.1) is 0 Å². The highest BCUT2D eigenvalue weighted by atomic mass is 16.7. The number of hydrogen-bond acceptors (Lipinski definition) is 8. The van der Waals surface area contributed by atoms with Crippen LogP contribution in [-0.4, -0.2) is 29.5 Å². The molecular weight excluding hydrogens is 352 g/mol. The quantitative estimate of drug-likeness (QED) is 0.612. The maximum Gasteiger partial charge on any atom is 0.344 e. The van der Waals surface area contributed by atoms with Crippen LogP contribution in [0.2, 0.25) is 0 Å². The van der Waals surface area contributed by atoms with Gasteiger partial charge in [0.25, 0.3) is 0 Å². The SMILES string of the molecule is CCOc1ncccc1C(=O)OCc1cc(-c2ccc3c(c2)OCO3)on1. The van der Waals surface area contributed by atoms with Gasteiger partial charge < -0.3 is 23.5 Å². The van der Waals surface area contributed by atoms with Crippen molar-refractivity contribution in [3.05, 3.63) is 53.9 Å². The zero-order valence-corrected chi connectivity index (χ0v) is 14.5. The molecule has 0 fully saturated rings. The molecule has 0 spiro atoms. The number of carbonyl (C=O) groups is 1. The monoisotopic (exact) mass is 368 g/mol. The lowest BCUT2D eigenvalue weighted by Gasteiger charge is -2.07. The summed E-state index contributed by atoms with van der Waals surface area (Å²) in [6, 6.07) is 10.4. The van der Waals surface area contributed by atoms with E-state index in [9.17, 15) is 4.79 Å². The van der Waals surface area contributed by atoms with Crippen LogP contribution in [0.4, 0.5) is 0 Å². The van der Waals surface area contributed by atoms with Crippen LogP contribution >= 0.6 is 0 Å². The molecule has 0 aliphatic carbocycles. The summed E-state index contributed by atoms with van der Waals surface area (Å²) in [6.07, 6.45) is 1.55. The van der Waals surface area contributed by atoms with Gasteiger partial charge in [-0.05, 0) is 37.3 Å². The van der Waals surface area contributed by atoms with E-state index in [0.29, 0.717) is 29.6 Å². The Labute approximate surface area is 154 Å². The van der Waals surface area contributed by atoms with E-state index in [1.165, 1.54) is 0 Å². The summed E-state index contributed by atoms with van der Waals surface area (Å²) in [5.74, 6) is 1.58.